The second kappa shape index (κ2) is 15.8. The van der Waals surface area contributed by atoms with Crippen molar-refractivity contribution < 1.29 is 19.0 Å². The molecule has 0 saturated heterocycles. The van der Waals surface area contributed by atoms with Crippen molar-refractivity contribution in [3.8, 4) is 17.2 Å². The molecule has 0 aliphatic heterocycles. The molecule has 34 heavy (non-hydrogen) atoms. The van der Waals surface area contributed by atoms with Gasteiger partial charge in [0.2, 0.25) is 0 Å². The van der Waals surface area contributed by atoms with Crippen LogP contribution in [-0.2, 0) is 4.84 Å². The molecule has 5 heteroatoms. The molecule has 2 aromatic rings. The highest BCUT2D eigenvalue weighted by Crippen LogP contribution is 2.28. The Bertz CT molecular complexity index is 897. The summed E-state index contributed by atoms with van der Waals surface area (Å²) >= 11 is 0. The standard InChI is InChI=1S/C29H41NO4/c1-6-7-17-33-28-20-23(2)29(24(3)21-28)34-19-13-11-9-8-10-12-18-32-27-16-14-15-26(22-27)25(4)30-31-5/h6-7,14-16,20-22H,8-13,17-19H2,1-5H3/b7-6+,30-25+. The van der Waals surface area contributed by atoms with Crippen molar-refractivity contribution >= 4 is 5.71 Å². The zero-order chi connectivity index (χ0) is 24.6. The first-order valence-corrected chi connectivity index (χ1v) is 12.3. The van der Waals surface area contributed by atoms with Crippen LogP contribution in [0, 0.1) is 13.8 Å². The fourth-order valence-corrected chi connectivity index (χ4v) is 3.74. The van der Waals surface area contributed by atoms with Gasteiger partial charge in [0, 0.05) is 5.56 Å². The van der Waals surface area contributed by atoms with Gasteiger partial charge in [-0.05, 0) is 75.9 Å². The molecule has 0 radical (unpaired) electrons. The molecule has 2 aromatic carbocycles. The van der Waals surface area contributed by atoms with Crippen molar-refractivity contribution in [1.82, 2.24) is 0 Å². The van der Waals surface area contributed by atoms with Gasteiger partial charge in [0.15, 0.2) is 0 Å². The van der Waals surface area contributed by atoms with E-state index in [2.05, 4.69) is 31.1 Å². The third-order valence-corrected chi connectivity index (χ3v) is 5.55. The zero-order valence-electron chi connectivity index (χ0n) is 21.6. The molecule has 0 unspecified atom stereocenters. The molecular formula is C29H41NO4. The van der Waals surface area contributed by atoms with E-state index < -0.39 is 0 Å². The van der Waals surface area contributed by atoms with Gasteiger partial charge in [-0.2, -0.15) is 0 Å². The van der Waals surface area contributed by atoms with Crippen LogP contribution in [0.2, 0.25) is 0 Å². The molecule has 186 valence electrons. The van der Waals surface area contributed by atoms with Gasteiger partial charge in [-0.1, -0.05) is 55.1 Å². The molecule has 2 rings (SSSR count). The number of benzene rings is 2. The van der Waals surface area contributed by atoms with E-state index >= 15 is 0 Å². The van der Waals surface area contributed by atoms with Crippen molar-refractivity contribution in [2.45, 2.75) is 66.2 Å². The lowest BCUT2D eigenvalue weighted by atomic mass is 10.1. The minimum Gasteiger partial charge on any atom is -0.494 e. The van der Waals surface area contributed by atoms with E-state index in [0.29, 0.717) is 6.61 Å². The van der Waals surface area contributed by atoms with Gasteiger partial charge >= 0.3 is 0 Å². The van der Waals surface area contributed by atoms with Crippen molar-refractivity contribution in [3.63, 3.8) is 0 Å². The highest BCUT2D eigenvalue weighted by molar-refractivity contribution is 5.98. The first-order valence-electron chi connectivity index (χ1n) is 12.3. The van der Waals surface area contributed by atoms with Crippen LogP contribution < -0.4 is 14.2 Å². The van der Waals surface area contributed by atoms with Crippen LogP contribution in [0.25, 0.3) is 0 Å². The van der Waals surface area contributed by atoms with Crippen LogP contribution >= 0.6 is 0 Å². The Labute approximate surface area is 205 Å². The van der Waals surface area contributed by atoms with Crippen molar-refractivity contribution in [3.05, 3.63) is 65.2 Å². The third kappa shape index (κ3) is 9.90. The lowest BCUT2D eigenvalue weighted by Crippen LogP contribution is -2.02. The van der Waals surface area contributed by atoms with Gasteiger partial charge in [-0.3, -0.25) is 0 Å². The van der Waals surface area contributed by atoms with Gasteiger partial charge < -0.3 is 19.0 Å². The maximum atomic E-state index is 6.08. The number of aryl methyl sites for hydroxylation is 2. The zero-order valence-corrected chi connectivity index (χ0v) is 21.6. The van der Waals surface area contributed by atoms with Crippen LogP contribution in [0.3, 0.4) is 0 Å². The van der Waals surface area contributed by atoms with Crippen molar-refractivity contribution in [1.29, 1.82) is 0 Å². The van der Waals surface area contributed by atoms with E-state index in [-0.39, 0.29) is 0 Å². The van der Waals surface area contributed by atoms with E-state index in [0.717, 1.165) is 65.7 Å². The summed E-state index contributed by atoms with van der Waals surface area (Å²) in [6.07, 6.45) is 10.9. The molecule has 0 amide bonds. The van der Waals surface area contributed by atoms with E-state index in [9.17, 15) is 0 Å². The van der Waals surface area contributed by atoms with E-state index in [1.807, 2.05) is 50.3 Å². The monoisotopic (exact) mass is 467 g/mol. The number of hydrogen-bond donors (Lipinski definition) is 0. The Balaban J connectivity index is 1.56. The number of allylic oxidation sites excluding steroid dienone is 1. The summed E-state index contributed by atoms with van der Waals surface area (Å²) in [5.41, 5.74) is 4.11. The Morgan fingerprint density at radius 2 is 1.47 bits per heavy atom. The summed E-state index contributed by atoms with van der Waals surface area (Å²) in [7, 11) is 1.56. The third-order valence-electron chi connectivity index (χ3n) is 5.55. The topological polar surface area (TPSA) is 49.3 Å². The molecule has 0 aliphatic carbocycles. The number of ether oxygens (including phenoxy) is 3. The molecule has 0 aromatic heterocycles. The highest BCUT2D eigenvalue weighted by Gasteiger charge is 2.07. The van der Waals surface area contributed by atoms with Crippen molar-refractivity contribution in [2.75, 3.05) is 26.9 Å². The smallest absolute Gasteiger partial charge is 0.125 e. The largest absolute Gasteiger partial charge is 0.494 e. The number of nitrogens with zero attached hydrogens (tertiary/aromatic N) is 1. The maximum absolute atomic E-state index is 6.08. The quantitative estimate of drug-likeness (QED) is 0.111. The molecule has 0 bridgehead atoms. The van der Waals surface area contributed by atoms with Crippen LogP contribution in [0.1, 0.15) is 69.1 Å². The van der Waals surface area contributed by atoms with Gasteiger partial charge in [-0.25, -0.2) is 0 Å². The first kappa shape index (κ1) is 27.3. The molecule has 0 N–H and O–H groups in total. The fraction of sp³-hybridized carbons (Fsp3) is 0.483. The Morgan fingerprint density at radius 3 is 2.12 bits per heavy atom. The van der Waals surface area contributed by atoms with Crippen molar-refractivity contribution in [2.24, 2.45) is 5.16 Å². The second-order valence-electron chi connectivity index (χ2n) is 8.47. The molecule has 0 spiro atoms. The Kier molecular flexibility index (Phi) is 12.7. The van der Waals surface area contributed by atoms with Crippen LogP contribution in [0.5, 0.6) is 17.2 Å². The number of rotatable bonds is 16. The van der Waals surface area contributed by atoms with E-state index in [1.165, 1.54) is 25.7 Å². The number of unbranched alkanes of at least 4 members (excludes halogenated alkanes) is 5. The maximum Gasteiger partial charge on any atom is 0.125 e. The van der Waals surface area contributed by atoms with E-state index in [1.54, 1.807) is 7.11 Å². The molecule has 0 heterocycles. The molecule has 5 nitrogen and oxygen atoms in total. The predicted molar refractivity (Wildman–Crippen MR) is 141 cm³/mol. The van der Waals surface area contributed by atoms with Gasteiger partial charge in [0.25, 0.3) is 0 Å². The lowest BCUT2D eigenvalue weighted by molar-refractivity contribution is 0.213. The van der Waals surface area contributed by atoms with Gasteiger partial charge in [0.1, 0.15) is 31.0 Å². The average Bonchev–Trinajstić information content (AvgIpc) is 2.82. The average molecular weight is 468 g/mol. The summed E-state index contributed by atoms with van der Waals surface area (Å²) in [5, 5.41) is 3.97. The summed E-state index contributed by atoms with van der Waals surface area (Å²) in [6.45, 7) is 10.2. The van der Waals surface area contributed by atoms with Gasteiger partial charge in [0.05, 0.1) is 18.9 Å². The second-order valence-corrected chi connectivity index (χ2v) is 8.47. The molecular weight excluding hydrogens is 426 g/mol. The molecule has 0 saturated carbocycles. The molecule has 0 aliphatic rings. The summed E-state index contributed by atoms with van der Waals surface area (Å²) in [4.78, 5) is 4.84. The molecule has 0 fully saturated rings. The number of hydrogen-bond acceptors (Lipinski definition) is 5. The summed E-state index contributed by atoms with van der Waals surface area (Å²) in [5.74, 6) is 2.76. The summed E-state index contributed by atoms with van der Waals surface area (Å²) < 4.78 is 17.7. The van der Waals surface area contributed by atoms with E-state index in [4.69, 9.17) is 19.0 Å². The molecule has 0 atom stereocenters. The Hall–Kier alpha value is -2.95. The SMILES string of the molecule is C/C=C/COc1cc(C)c(OCCCCCCCCOc2cccc(/C(C)=N/OC)c2)c(C)c1. The fourth-order valence-electron chi connectivity index (χ4n) is 3.74. The minimum absolute atomic E-state index is 0.596. The van der Waals surface area contributed by atoms with Crippen LogP contribution in [-0.4, -0.2) is 32.6 Å². The first-order chi connectivity index (χ1) is 16.5. The summed E-state index contributed by atoms with van der Waals surface area (Å²) in [6, 6.07) is 12.1. The number of oxime groups is 1. The van der Waals surface area contributed by atoms with Crippen LogP contribution in [0.15, 0.2) is 53.7 Å². The van der Waals surface area contributed by atoms with Crippen LogP contribution in [0.4, 0.5) is 0 Å². The predicted octanol–water partition coefficient (Wildman–Crippen LogP) is 7.43. The lowest BCUT2D eigenvalue weighted by Gasteiger charge is -2.14. The highest BCUT2D eigenvalue weighted by atomic mass is 16.6. The Morgan fingerprint density at radius 1 is 0.824 bits per heavy atom. The van der Waals surface area contributed by atoms with Gasteiger partial charge in [-0.15, -0.1) is 0 Å². The minimum atomic E-state index is 0.596. The normalized spacial score (nSPS) is 11.6.